The molecular weight excluding hydrogens is 436 g/mol. The lowest BCUT2D eigenvalue weighted by Gasteiger charge is -2.14. The lowest BCUT2D eigenvalue weighted by Crippen LogP contribution is -2.26. The lowest BCUT2D eigenvalue weighted by atomic mass is 10.00. The Balaban J connectivity index is 1.69. The zero-order chi connectivity index (χ0) is 23.4. The molecule has 0 aliphatic heterocycles. The van der Waals surface area contributed by atoms with Crippen molar-refractivity contribution in [1.29, 1.82) is 0 Å². The van der Waals surface area contributed by atoms with Crippen LogP contribution in [0.4, 0.5) is 0 Å². The molecule has 0 spiro atoms. The van der Waals surface area contributed by atoms with Gasteiger partial charge in [-0.1, -0.05) is 11.6 Å². The zero-order valence-electron chi connectivity index (χ0n) is 18.8. The molecule has 0 fully saturated rings. The van der Waals surface area contributed by atoms with Gasteiger partial charge in [0.1, 0.15) is 0 Å². The summed E-state index contributed by atoms with van der Waals surface area (Å²) in [5, 5.41) is 7.96. The first-order valence-electron chi connectivity index (χ1n) is 10.8. The van der Waals surface area contributed by atoms with Crippen LogP contribution in [-0.2, 0) is 6.42 Å². The van der Waals surface area contributed by atoms with Crippen molar-refractivity contribution in [2.24, 2.45) is 0 Å². The van der Waals surface area contributed by atoms with Crippen LogP contribution in [0, 0.1) is 6.92 Å². The standard InChI is InChI=1S/C25H25ClN6O/c1-16(2)32-23(5-7-31-32)18-11-19(24-22(26)10-17(3)14-30-24)13-20(12-18)25(33)29-6-4-21-15-27-8-9-28-21/h5,7-16H,4,6H2,1-3H3,(H,29,33). The Kier molecular flexibility index (Phi) is 6.79. The minimum Gasteiger partial charge on any atom is -0.352 e. The molecule has 0 saturated carbocycles. The number of nitrogens with zero attached hydrogens (tertiary/aromatic N) is 5. The van der Waals surface area contributed by atoms with E-state index in [4.69, 9.17) is 11.6 Å². The molecule has 0 bridgehead atoms. The van der Waals surface area contributed by atoms with E-state index >= 15 is 0 Å². The summed E-state index contributed by atoms with van der Waals surface area (Å²) in [7, 11) is 0. The van der Waals surface area contributed by atoms with Crippen LogP contribution in [0.5, 0.6) is 0 Å². The molecule has 0 unspecified atom stereocenters. The van der Waals surface area contributed by atoms with E-state index in [2.05, 4.69) is 39.2 Å². The summed E-state index contributed by atoms with van der Waals surface area (Å²) in [5.74, 6) is -0.180. The van der Waals surface area contributed by atoms with E-state index in [0.29, 0.717) is 29.2 Å². The van der Waals surface area contributed by atoms with Gasteiger partial charge in [-0.15, -0.1) is 0 Å². The fourth-order valence-corrected chi connectivity index (χ4v) is 3.94. The normalized spacial score (nSPS) is 11.1. The first-order chi connectivity index (χ1) is 15.9. The molecule has 8 heteroatoms. The summed E-state index contributed by atoms with van der Waals surface area (Å²) < 4.78 is 1.93. The van der Waals surface area contributed by atoms with Crippen molar-refractivity contribution in [2.75, 3.05) is 6.54 Å². The summed E-state index contributed by atoms with van der Waals surface area (Å²) in [6, 6.07) is 9.67. The van der Waals surface area contributed by atoms with E-state index in [0.717, 1.165) is 28.1 Å². The molecule has 0 atom stereocenters. The van der Waals surface area contributed by atoms with Crippen molar-refractivity contribution < 1.29 is 4.79 Å². The van der Waals surface area contributed by atoms with Crippen LogP contribution in [0.3, 0.4) is 0 Å². The van der Waals surface area contributed by atoms with E-state index < -0.39 is 0 Å². The molecule has 0 aliphatic rings. The van der Waals surface area contributed by atoms with Gasteiger partial charge < -0.3 is 5.32 Å². The largest absolute Gasteiger partial charge is 0.352 e. The van der Waals surface area contributed by atoms with E-state index in [1.54, 1.807) is 31.0 Å². The monoisotopic (exact) mass is 460 g/mol. The molecule has 0 aliphatic carbocycles. The van der Waals surface area contributed by atoms with Gasteiger partial charge in [0.05, 0.1) is 22.1 Å². The molecule has 168 valence electrons. The molecule has 4 rings (SSSR count). The molecule has 1 amide bonds. The Morgan fingerprint density at radius 3 is 2.61 bits per heavy atom. The van der Waals surface area contributed by atoms with Crippen LogP contribution in [0.15, 0.2) is 61.3 Å². The van der Waals surface area contributed by atoms with Crippen molar-refractivity contribution in [1.82, 2.24) is 30.0 Å². The van der Waals surface area contributed by atoms with E-state index in [1.165, 1.54) is 0 Å². The summed E-state index contributed by atoms with van der Waals surface area (Å²) in [5.41, 5.74) is 5.52. The summed E-state index contributed by atoms with van der Waals surface area (Å²) >= 11 is 6.51. The van der Waals surface area contributed by atoms with Gasteiger partial charge in [0, 0.05) is 66.7 Å². The van der Waals surface area contributed by atoms with Gasteiger partial charge in [-0.25, -0.2) is 0 Å². The van der Waals surface area contributed by atoms with Crippen molar-refractivity contribution in [3.8, 4) is 22.5 Å². The molecular formula is C25H25ClN6O. The highest BCUT2D eigenvalue weighted by molar-refractivity contribution is 6.33. The molecule has 7 nitrogen and oxygen atoms in total. The first kappa shape index (κ1) is 22.6. The average molecular weight is 461 g/mol. The summed E-state index contributed by atoms with van der Waals surface area (Å²) in [6.07, 6.45) is 9.09. The van der Waals surface area contributed by atoms with Crippen LogP contribution in [0.25, 0.3) is 22.5 Å². The van der Waals surface area contributed by atoms with Crippen LogP contribution in [0.2, 0.25) is 5.02 Å². The fourth-order valence-electron chi connectivity index (χ4n) is 3.61. The van der Waals surface area contributed by atoms with Crippen LogP contribution in [0.1, 0.15) is 41.5 Å². The number of nitrogens with one attached hydrogen (secondary N) is 1. The third kappa shape index (κ3) is 5.26. The van der Waals surface area contributed by atoms with Crippen LogP contribution >= 0.6 is 11.6 Å². The summed E-state index contributed by atoms with van der Waals surface area (Å²) in [4.78, 5) is 25.9. The van der Waals surface area contributed by atoms with Gasteiger partial charge in [-0.05, 0) is 56.7 Å². The van der Waals surface area contributed by atoms with Gasteiger partial charge in [0.15, 0.2) is 0 Å². The second-order valence-corrected chi connectivity index (χ2v) is 8.51. The smallest absolute Gasteiger partial charge is 0.251 e. The number of amides is 1. The second-order valence-electron chi connectivity index (χ2n) is 8.10. The number of halogens is 1. The lowest BCUT2D eigenvalue weighted by molar-refractivity contribution is 0.0954. The maximum atomic E-state index is 13.1. The Bertz CT molecular complexity index is 1270. The molecule has 3 aromatic heterocycles. The number of carbonyl (C=O) groups excluding carboxylic acids is 1. The SMILES string of the molecule is Cc1cnc(-c2cc(C(=O)NCCc3cnccn3)cc(-c3ccnn3C(C)C)c2)c(Cl)c1. The Hall–Kier alpha value is -3.58. The number of carbonyl (C=O) groups is 1. The van der Waals surface area contributed by atoms with Crippen LogP contribution in [-0.4, -0.2) is 37.2 Å². The predicted octanol–water partition coefficient (Wildman–Crippen LogP) is 4.92. The Labute approximate surface area is 197 Å². The molecule has 1 aromatic carbocycles. The van der Waals surface area contributed by atoms with E-state index in [1.807, 2.05) is 41.9 Å². The molecule has 4 aromatic rings. The molecule has 0 radical (unpaired) electrons. The molecule has 3 heterocycles. The van der Waals surface area contributed by atoms with E-state index in [9.17, 15) is 4.79 Å². The maximum absolute atomic E-state index is 13.1. The third-order valence-corrected chi connectivity index (χ3v) is 5.47. The maximum Gasteiger partial charge on any atom is 0.251 e. The highest BCUT2D eigenvalue weighted by Crippen LogP contribution is 2.32. The second kappa shape index (κ2) is 9.92. The van der Waals surface area contributed by atoms with Crippen molar-refractivity contribution >= 4 is 17.5 Å². The Morgan fingerprint density at radius 1 is 1.06 bits per heavy atom. The fraction of sp³-hybridized carbons (Fsp3) is 0.240. The Morgan fingerprint density at radius 2 is 1.88 bits per heavy atom. The minimum absolute atomic E-state index is 0.170. The topological polar surface area (TPSA) is 85.6 Å². The van der Waals surface area contributed by atoms with Gasteiger partial charge in [-0.3, -0.25) is 24.4 Å². The average Bonchev–Trinajstić information content (AvgIpc) is 3.30. The van der Waals surface area contributed by atoms with Gasteiger partial charge in [0.2, 0.25) is 0 Å². The number of aryl methyl sites for hydroxylation is 1. The third-order valence-electron chi connectivity index (χ3n) is 5.19. The van der Waals surface area contributed by atoms with Crippen molar-refractivity contribution in [3.63, 3.8) is 0 Å². The van der Waals surface area contributed by atoms with E-state index in [-0.39, 0.29) is 11.9 Å². The zero-order valence-corrected chi connectivity index (χ0v) is 19.5. The quantitative estimate of drug-likeness (QED) is 0.423. The molecule has 1 N–H and O–H groups in total. The highest BCUT2D eigenvalue weighted by Gasteiger charge is 2.16. The van der Waals surface area contributed by atoms with Gasteiger partial charge in [-0.2, -0.15) is 5.10 Å². The number of pyridine rings is 1. The molecule has 33 heavy (non-hydrogen) atoms. The molecule has 0 saturated heterocycles. The summed E-state index contributed by atoms with van der Waals surface area (Å²) in [6.45, 7) is 6.53. The first-order valence-corrected chi connectivity index (χ1v) is 11.1. The number of hydrogen-bond acceptors (Lipinski definition) is 5. The van der Waals surface area contributed by atoms with Crippen molar-refractivity contribution in [2.45, 2.75) is 33.2 Å². The highest BCUT2D eigenvalue weighted by atomic mass is 35.5. The number of benzene rings is 1. The van der Waals surface area contributed by atoms with Gasteiger partial charge >= 0.3 is 0 Å². The predicted molar refractivity (Wildman–Crippen MR) is 129 cm³/mol. The number of rotatable bonds is 7. The number of aromatic nitrogens is 5. The van der Waals surface area contributed by atoms with Gasteiger partial charge in [0.25, 0.3) is 5.91 Å². The number of hydrogen-bond donors (Lipinski definition) is 1. The van der Waals surface area contributed by atoms with Crippen LogP contribution < -0.4 is 5.32 Å². The van der Waals surface area contributed by atoms with Crippen molar-refractivity contribution in [3.05, 3.63) is 83.2 Å². The minimum atomic E-state index is -0.180.